The normalized spacial score (nSPS) is 28.4. The molecular weight excluding hydrogens is 372 g/mol. The minimum atomic E-state index is -0.0481. The maximum Gasteiger partial charge on any atom is 0.234 e. The van der Waals surface area contributed by atoms with Crippen LogP contribution in [0.15, 0.2) is 30.3 Å². The lowest BCUT2D eigenvalue weighted by Crippen LogP contribution is -2.61. The van der Waals surface area contributed by atoms with Gasteiger partial charge in [-0.15, -0.1) is 0 Å². The first kappa shape index (κ1) is 21.5. The number of ketones is 1. The van der Waals surface area contributed by atoms with Crippen LogP contribution in [0, 0.1) is 0 Å². The van der Waals surface area contributed by atoms with Gasteiger partial charge in [-0.2, -0.15) is 0 Å². The van der Waals surface area contributed by atoms with Crippen LogP contribution in [0.2, 0.25) is 0 Å². The average molecular weight is 411 g/mol. The van der Waals surface area contributed by atoms with Gasteiger partial charge in [0.05, 0.1) is 6.42 Å². The number of rotatable bonds is 5. The van der Waals surface area contributed by atoms with Crippen LogP contribution in [0.25, 0.3) is 0 Å². The molecule has 4 heteroatoms. The van der Waals surface area contributed by atoms with E-state index in [1.807, 2.05) is 35.2 Å². The number of Topliss-reactive ketones (excluding diaryl/α,β-unsaturated/α-hetero) is 1. The van der Waals surface area contributed by atoms with E-state index in [2.05, 4.69) is 4.90 Å². The fourth-order valence-corrected chi connectivity index (χ4v) is 6.37. The first-order valence-electron chi connectivity index (χ1n) is 12.3. The van der Waals surface area contributed by atoms with Gasteiger partial charge in [-0.25, -0.2) is 0 Å². The molecule has 2 saturated heterocycles. The predicted molar refractivity (Wildman–Crippen MR) is 122 cm³/mol. The summed E-state index contributed by atoms with van der Waals surface area (Å²) in [6.45, 7) is 1.52. The van der Waals surface area contributed by atoms with Crippen molar-refractivity contribution < 1.29 is 9.59 Å². The molecule has 3 aliphatic rings. The zero-order valence-corrected chi connectivity index (χ0v) is 18.6. The smallest absolute Gasteiger partial charge is 0.234 e. The molecule has 0 N–H and O–H groups in total. The Kier molecular flexibility index (Phi) is 7.24. The van der Waals surface area contributed by atoms with Gasteiger partial charge in [0, 0.05) is 29.9 Å². The van der Waals surface area contributed by atoms with Crippen molar-refractivity contribution >= 4 is 17.4 Å². The van der Waals surface area contributed by atoms with Crippen molar-refractivity contribution in [3.63, 3.8) is 0 Å². The summed E-state index contributed by atoms with van der Waals surface area (Å²) in [5, 5.41) is 0. The molecule has 0 unspecified atom stereocenters. The molecular formula is C26H38N2O2. The lowest BCUT2D eigenvalue weighted by atomic mass is 9.78. The second-order valence-corrected chi connectivity index (χ2v) is 9.79. The van der Waals surface area contributed by atoms with Crippen LogP contribution in [0.5, 0.6) is 0 Å². The predicted octanol–water partition coefficient (Wildman–Crippen LogP) is 5.50. The second-order valence-electron chi connectivity index (χ2n) is 9.79. The summed E-state index contributed by atoms with van der Waals surface area (Å²) in [4.78, 5) is 29.7. The van der Waals surface area contributed by atoms with Crippen molar-refractivity contribution in [2.75, 3.05) is 4.90 Å². The van der Waals surface area contributed by atoms with Crippen molar-refractivity contribution in [3.05, 3.63) is 30.3 Å². The number of benzene rings is 1. The van der Waals surface area contributed by atoms with Crippen LogP contribution < -0.4 is 4.90 Å². The van der Waals surface area contributed by atoms with Gasteiger partial charge in [-0.3, -0.25) is 14.5 Å². The molecule has 164 valence electrons. The minimum absolute atomic E-state index is 0.00701. The summed E-state index contributed by atoms with van der Waals surface area (Å²) < 4.78 is 0. The fraction of sp³-hybridized carbons (Fsp3) is 0.692. The Bertz CT molecular complexity index is 697. The molecule has 0 aromatic heterocycles. The lowest BCUT2D eigenvalue weighted by Gasteiger charge is -2.54. The maximum atomic E-state index is 13.1. The standard InChI is InChI=1S/C26H38N2O2/c1-20(29)17-26(30)28(22-13-8-5-9-14-22)25-18-23-15-10-16-24(19-25)27(23)21-11-6-3-2-4-7-12-21/h5,8-9,13-14,21,23-25H,2-4,6-7,10-12,15-19H2,1H3/t23-,24+,25+. The van der Waals surface area contributed by atoms with Crippen molar-refractivity contribution in [3.8, 4) is 0 Å². The number of piperidine rings is 2. The summed E-state index contributed by atoms with van der Waals surface area (Å²) in [7, 11) is 0. The van der Waals surface area contributed by atoms with Gasteiger partial charge in [0.15, 0.2) is 0 Å². The van der Waals surface area contributed by atoms with E-state index in [0.29, 0.717) is 12.1 Å². The topological polar surface area (TPSA) is 40.6 Å². The quantitative estimate of drug-likeness (QED) is 0.602. The van der Waals surface area contributed by atoms with Crippen LogP contribution >= 0.6 is 0 Å². The van der Waals surface area contributed by atoms with E-state index in [1.54, 1.807) is 0 Å². The van der Waals surface area contributed by atoms with Gasteiger partial charge in [0.2, 0.25) is 5.91 Å². The highest BCUT2D eigenvalue weighted by molar-refractivity contribution is 6.05. The molecule has 2 aliphatic heterocycles. The monoisotopic (exact) mass is 410 g/mol. The Hall–Kier alpha value is -1.68. The molecule has 4 rings (SSSR count). The summed E-state index contributed by atoms with van der Waals surface area (Å²) >= 11 is 0. The largest absolute Gasteiger partial charge is 0.309 e. The average Bonchev–Trinajstić information content (AvgIpc) is 2.68. The van der Waals surface area contributed by atoms with E-state index >= 15 is 0 Å². The van der Waals surface area contributed by atoms with E-state index in [1.165, 1.54) is 71.1 Å². The SMILES string of the molecule is CC(=O)CC(=O)N(c1ccccc1)[C@H]1C[C@H]2CCC[C@@H](C1)N2C1CCCCCCC1. The highest BCUT2D eigenvalue weighted by Crippen LogP contribution is 2.41. The third-order valence-corrected chi connectivity index (χ3v) is 7.57. The number of anilines is 1. The highest BCUT2D eigenvalue weighted by Gasteiger charge is 2.44. The number of amides is 1. The summed E-state index contributed by atoms with van der Waals surface area (Å²) in [5.74, 6) is -0.0794. The minimum Gasteiger partial charge on any atom is -0.309 e. The number of hydrogen-bond acceptors (Lipinski definition) is 3. The van der Waals surface area contributed by atoms with E-state index in [4.69, 9.17) is 0 Å². The first-order chi connectivity index (χ1) is 14.6. The van der Waals surface area contributed by atoms with Crippen molar-refractivity contribution in [2.45, 2.75) is 115 Å². The second kappa shape index (κ2) is 10.1. The molecule has 0 spiro atoms. The van der Waals surface area contributed by atoms with Crippen LogP contribution in [-0.2, 0) is 9.59 Å². The summed E-state index contributed by atoms with van der Waals surface area (Å²) in [5.41, 5.74) is 0.950. The summed E-state index contributed by atoms with van der Waals surface area (Å²) in [6, 6.07) is 12.1. The number of hydrogen-bond donors (Lipinski definition) is 0. The van der Waals surface area contributed by atoms with Gasteiger partial charge in [0.1, 0.15) is 5.78 Å². The van der Waals surface area contributed by atoms with E-state index < -0.39 is 0 Å². The molecule has 1 aromatic rings. The van der Waals surface area contributed by atoms with Crippen LogP contribution in [0.4, 0.5) is 5.69 Å². The number of carbonyl (C=O) groups excluding carboxylic acids is 2. The van der Waals surface area contributed by atoms with Gasteiger partial charge in [0.25, 0.3) is 0 Å². The molecule has 3 fully saturated rings. The number of carbonyl (C=O) groups is 2. The first-order valence-corrected chi connectivity index (χ1v) is 12.3. The number of nitrogens with zero attached hydrogens (tertiary/aromatic N) is 2. The zero-order chi connectivity index (χ0) is 20.9. The van der Waals surface area contributed by atoms with E-state index in [9.17, 15) is 9.59 Å². The summed E-state index contributed by atoms with van der Waals surface area (Å²) in [6.07, 6.45) is 15.6. The van der Waals surface area contributed by atoms with Crippen molar-refractivity contribution in [2.24, 2.45) is 0 Å². The molecule has 1 aromatic carbocycles. The maximum absolute atomic E-state index is 13.1. The van der Waals surface area contributed by atoms with Gasteiger partial charge in [-0.05, 0) is 57.6 Å². The molecule has 3 atom stereocenters. The van der Waals surface area contributed by atoms with Crippen molar-refractivity contribution in [1.29, 1.82) is 0 Å². The van der Waals surface area contributed by atoms with Gasteiger partial charge >= 0.3 is 0 Å². The molecule has 2 bridgehead atoms. The highest BCUT2D eigenvalue weighted by atomic mass is 16.2. The van der Waals surface area contributed by atoms with Crippen LogP contribution in [0.1, 0.15) is 90.4 Å². The molecule has 0 radical (unpaired) electrons. The zero-order valence-electron chi connectivity index (χ0n) is 18.6. The van der Waals surface area contributed by atoms with Crippen molar-refractivity contribution in [1.82, 2.24) is 4.90 Å². The Morgan fingerprint density at radius 3 is 2.00 bits per heavy atom. The molecule has 1 aliphatic carbocycles. The van der Waals surface area contributed by atoms with E-state index in [0.717, 1.165) is 24.6 Å². The third-order valence-electron chi connectivity index (χ3n) is 7.57. The third kappa shape index (κ3) is 4.96. The lowest BCUT2D eigenvalue weighted by molar-refractivity contribution is -0.126. The Morgan fingerprint density at radius 2 is 1.40 bits per heavy atom. The molecule has 2 heterocycles. The van der Waals surface area contributed by atoms with E-state index in [-0.39, 0.29) is 24.2 Å². The Labute approximate surface area is 182 Å². The molecule has 1 saturated carbocycles. The van der Waals surface area contributed by atoms with Crippen LogP contribution in [-0.4, -0.2) is 40.8 Å². The van der Waals surface area contributed by atoms with Gasteiger partial charge in [-0.1, -0.05) is 56.7 Å². The fourth-order valence-electron chi connectivity index (χ4n) is 6.37. The molecule has 30 heavy (non-hydrogen) atoms. The number of fused-ring (bicyclic) bond motifs is 2. The Morgan fingerprint density at radius 1 is 0.833 bits per heavy atom. The Balaban J connectivity index is 1.55. The molecule has 1 amide bonds. The number of para-hydroxylation sites is 1. The molecule has 4 nitrogen and oxygen atoms in total. The van der Waals surface area contributed by atoms with Gasteiger partial charge < -0.3 is 4.90 Å². The van der Waals surface area contributed by atoms with Crippen LogP contribution in [0.3, 0.4) is 0 Å².